The largest absolute Gasteiger partial charge is 0.507 e. The smallest absolute Gasteiger partial charge is 0.124 e. The molecule has 0 aliphatic heterocycles. The molecule has 5 N–H and O–H groups in total. The molecule has 60 valence electrons. The SMILES string of the molecule is Cc1c(O)cc(NN)cc1O. The van der Waals surface area contributed by atoms with E-state index in [-0.39, 0.29) is 11.5 Å². The van der Waals surface area contributed by atoms with Crippen molar-refractivity contribution in [3.63, 3.8) is 0 Å². The summed E-state index contributed by atoms with van der Waals surface area (Å²) in [6.07, 6.45) is 0. The zero-order valence-electron chi connectivity index (χ0n) is 6.13. The number of phenolic OH excluding ortho intramolecular Hbond substituents is 2. The van der Waals surface area contributed by atoms with E-state index in [2.05, 4.69) is 5.43 Å². The minimum Gasteiger partial charge on any atom is -0.507 e. The minimum absolute atomic E-state index is 0.0259. The number of rotatable bonds is 1. The third-order valence-corrected chi connectivity index (χ3v) is 1.52. The van der Waals surface area contributed by atoms with E-state index >= 15 is 0 Å². The first-order chi connectivity index (χ1) is 5.15. The average molecular weight is 154 g/mol. The van der Waals surface area contributed by atoms with Crippen LogP contribution in [-0.4, -0.2) is 10.2 Å². The Morgan fingerprint density at radius 3 is 2.09 bits per heavy atom. The summed E-state index contributed by atoms with van der Waals surface area (Å²) in [5, 5.41) is 18.3. The van der Waals surface area contributed by atoms with Gasteiger partial charge in [0.25, 0.3) is 0 Å². The van der Waals surface area contributed by atoms with Gasteiger partial charge in [0.15, 0.2) is 0 Å². The van der Waals surface area contributed by atoms with Gasteiger partial charge in [-0.15, -0.1) is 0 Å². The lowest BCUT2D eigenvalue weighted by Gasteiger charge is -2.05. The molecule has 1 aromatic carbocycles. The highest BCUT2D eigenvalue weighted by Crippen LogP contribution is 2.29. The van der Waals surface area contributed by atoms with Crippen LogP contribution in [0.25, 0.3) is 0 Å². The van der Waals surface area contributed by atoms with Crippen LogP contribution >= 0.6 is 0 Å². The van der Waals surface area contributed by atoms with Crippen LogP contribution in [-0.2, 0) is 0 Å². The first kappa shape index (κ1) is 7.68. The summed E-state index contributed by atoms with van der Waals surface area (Å²) in [6.45, 7) is 1.62. The van der Waals surface area contributed by atoms with Gasteiger partial charge in [-0.1, -0.05) is 0 Å². The monoisotopic (exact) mass is 154 g/mol. The molecular formula is C7H10N2O2. The summed E-state index contributed by atoms with van der Waals surface area (Å²) in [5.74, 6) is 5.12. The molecule has 1 aromatic rings. The first-order valence-electron chi connectivity index (χ1n) is 3.14. The van der Waals surface area contributed by atoms with E-state index in [1.165, 1.54) is 12.1 Å². The van der Waals surface area contributed by atoms with Crippen molar-refractivity contribution < 1.29 is 10.2 Å². The van der Waals surface area contributed by atoms with Gasteiger partial charge in [-0.05, 0) is 6.92 Å². The van der Waals surface area contributed by atoms with Crippen LogP contribution in [0.4, 0.5) is 5.69 Å². The van der Waals surface area contributed by atoms with Gasteiger partial charge in [0.1, 0.15) is 11.5 Å². The number of hydrogen-bond donors (Lipinski definition) is 4. The molecule has 0 aromatic heterocycles. The van der Waals surface area contributed by atoms with E-state index in [0.29, 0.717) is 11.3 Å². The summed E-state index contributed by atoms with van der Waals surface area (Å²) in [5.41, 5.74) is 3.24. The quantitative estimate of drug-likeness (QED) is 0.354. The first-order valence-corrected chi connectivity index (χ1v) is 3.14. The van der Waals surface area contributed by atoms with Gasteiger partial charge in [-0.25, -0.2) is 0 Å². The zero-order valence-corrected chi connectivity index (χ0v) is 6.13. The predicted molar refractivity (Wildman–Crippen MR) is 42.3 cm³/mol. The van der Waals surface area contributed by atoms with Gasteiger partial charge >= 0.3 is 0 Å². The molecule has 0 amide bonds. The van der Waals surface area contributed by atoms with E-state index in [9.17, 15) is 0 Å². The number of benzene rings is 1. The fourth-order valence-electron chi connectivity index (χ4n) is 0.767. The van der Waals surface area contributed by atoms with Crippen molar-refractivity contribution in [2.24, 2.45) is 5.84 Å². The molecule has 0 bridgehead atoms. The Hall–Kier alpha value is -1.42. The molecule has 0 fully saturated rings. The maximum absolute atomic E-state index is 9.16. The van der Waals surface area contributed by atoms with Crippen LogP contribution in [0.15, 0.2) is 12.1 Å². The summed E-state index contributed by atoms with van der Waals surface area (Å²) < 4.78 is 0. The van der Waals surface area contributed by atoms with Crippen molar-refractivity contribution >= 4 is 5.69 Å². The molecule has 0 radical (unpaired) electrons. The van der Waals surface area contributed by atoms with E-state index in [4.69, 9.17) is 16.1 Å². The fraction of sp³-hybridized carbons (Fsp3) is 0.143. The van der Waals surface area contributed by atoms with Gasteiger partial charge in [0.05, 0.1) is 5.69 Å². The van der Waals surface area contributed by atoms with Crippen molar-refractivity contribution in [1.82, 2.24) is 0 Å². The third kappa shape index (κ3) is 1.35. The molecule has 0 saturated carbocycles. The van der Waals surface area contributed by atoms with Crippen LogP contribution in [0.2, 0.25) is 0 Å². The van der Waals surface area contributed by atoms with E-state index in [0.717, 1.165) is 0 Å². The third-order valence-electron chi connectivity index (χ3n) is 1.52. The van der Waals surface area contributed by atoms with E-state index < -0.39 is 0 Å². The van der Waals surface area contributed by atoms with Crippen molar-refractivity contribution in [3.8, 4) is 11.5 Å². The molecule has 0 atom stereocenters. The Bertz CT molecular complexity index is 250. The highest BCUT2D eigenvalue weighted by Gasteiger charge is 2.03. The lowest BCUT2D eigenvalue weighted by molar-refractivity contribution is 0.444. The summed E-state index contributed by atoms with van der Waals surface area (Å²) in [6, 6.07) is 2.88. The molecule has 1 rings (SSSR count). The van der Waals surface area contributed by atoms with Crippen molar-refractivity contribution in [1.29, 1.82) is 0 Å². The van der Waals surface area contributed by atoms with Gasteiger partial charge < -0.3 is 15.6 Å². The number of hydrazine groups is 1. The molecule has 4 heteroatoms. The highest BCUT2D eigenvalue weighted by atomic mass is 16.3. The molecule has 0 saturated heterocycles. The molecule has 11 heavy (non-hydrogen) atoms. The average Bonchev–Trinajstić information content (AvgIpc) is 1.99. The van der Waals surface area contributed by atoms with Crippen molar-refractivity contribution in [2.45, 2.75) is 6.92 Å². The Morgan fingerprint density at radius 1 is 1.27 bits per heavy atom. The molecule has 0 spiro atoms. The molecule has 0 unspecified atom stereocenters. The second kappa shape index (κ2) is 2.67. The number of anilines is 1. The van der Waals surface area contributed by atoms with Crippen LogP contribution in [0, 0.1) is 6.92 Å². The topological polar surface area (TPSA) is 78.5 Å². The number of aromatic hydroxyl groups is 2. The van der Waals surface area contributed by atoms with E-state index in [1.54, 1.807) is 6.92 Å². The van der Waals surface area contributed by atoms with Crippen molar-refractivity contribution in [2.75, 3.05) is 5.43 Å². The highest BCUT2D eigenvalue weighted by molar-refractivity contribution is 5.56. The van der Waals surface area contributed by atoms with Gasteiger partial charge in [0, 0.05) is 17.7 Å². The van der Waals surface area contributed by atoms with Crippen molar-refractivity contribution in [3.05, 3.63) is 17.7 Å². The standard InChI is InChI=1S/C7H10N2O2/c1-4-6(10)2-5(9-8)3-7(4)11/h2-3,9-11H,8H2,1H3. The number of phenols is 2. The summed E-state index contributed by atoms with van der Waals surface area (Å²) in [7, 11) is 0. The Kier molecular flexibility index (Phi) is 1.87. The second-order valence-corrected chi connectivity index (χ2v) is 2.28. The summed E-state index contributed by atoms with van der Waals surface area (Å²) in [4.78, 5) is 0. The Balaban J connectivity index is 3.21. The molecular weight excluding hydrogens is 144 g/mol. The summed E-state index contributed by atoms with van der Waals surface area (Å²) >= 11 is 0. The number of nitrogens with one attached hydrogen (secondary N) is 1. The fourth-order valence-corrected chi connectivity index (χ4v) is 0.767. The Morgan fingerprint density at radius 2 is 1.73 bits per heavy atom. The second-order valence-electron chi connectivity index (χ2n) is 2.28. The normalized spacial score (nSPS) is 9.64. The lowest BCUT2D eigenvalue weighted by atomic mass is 10.2. The zero-order chi connectivity index (χ0) is 8.43. The number of nitrogen functional groups attached to an aromatic ring is 1. The van der Waals surface area contributed by atoms with Crippen LogP contribution in [0.5, 0.6) is 11.5 Å². The van der Waals surface area contributed by atoms with Gasteiger partial charge in [-0.2, -0.15) is 0 Å². The van der Waals surface area contributed by atoms with Crippen LogP contribution < -0.4 is 11.3 Å². The molecule has 0 aliphatic rings. The predicted octanol–water partition coefficient (Wildman–Crippen LogP) is 0.692. The molecule has 4 nitrogen and oxygen atoms in total. The maximum Gasteiger partial charge on any atom is 0.124 e. The molecule has 0 aliphatic carbocycles. The van der Waals surface area contributed by atoms with Gasteiger partial charge in [-0.3, -0.25) is 5.84 Å². The number of hydrogen-bond acceptors (Lipinski definition) is 4. The maximum atomic E-state index is 9.16. The Labute approximate surface area is 64.2 Å². The minimum atomic E-state index is 0.0259. The van der Waals surface area contributed by atoms with E-state index in [1.807, 2.05) is 0 Å². The lowest BCUT2D eigenvalue weighted by Crippen LogP contribution is -2.06. The van der Waals surface area contributed by atoms with Gasteiger partial charge in [0.2, 0.25) is 0 Å². The van der Waals surface area contributed by atoms with Crippen LogP contribution in [0.1, 0.15) is 5.56 Å². The van der Waals surface area contributed by atoms with Crippen LogP contribution in [0.3, 0.4) is 0 Å². The molecule has 0 heterocycles. The number of nitrogens with two attached hydrogens (primary N) is 1.